The van der Waals surface area contributed by atoms with E-state index in [-0.39, 0.29) is 0 Å². The van der Waals surface area contributed by atoms with Gasteiger partial charge in [-0.3, -0.25) is 0 Å². The summed E-state index contributed by atoms with van der Waals surface area (Å²) in [5.41, 5.74) is 6.28. The zero-order valence-corrected chi connectivity index (χ0v) is 9.66. The molecule has 2 aliphatic heterocycles. The smallest absolute Gasteiger partial charge is 0.0469 e. The van der Waals surface area contributed by atoms with Gasteiger partial charge in [-0.1, -0.05) is 6.42 Å². The summed E-state index contributed by atoms with van der Waals surface area (Å²) < 4.78 is 5.37. The Morgan fingerprint density at radius 3 is 2.47 bits per heavy atom. The van der Waals surface area contributed by atoms with Crippen molar-refractivity contribution in [1.82, 2.24) is 4.90 Å². The highest BCUT2D eigenvalue weighted by Crippen LogP contribution is 2.19. The standard InChI is InChI=1S/C12H24N2O/c13-12(11-4-8-15-9-5-11)10-14-6-2-1-3-7-14/h11-12H,1-10,13H2. The number of likely N-dealkylation sites (tertiary alicyclic amines) is 1. The number of hydrogen-bond acceptors (Lipinski definition) is 3. The van der Waals surface area contributed by atoms with E-state index >= 15 is 0 Å². The van der Waals surface area contributed by atoms with Gasteiger partial charge in [0.1, 0.15) is 0 Å². The first-order valence-corrected chi connectivity index (χ1v) is 6.42. The molecule has 0 spiro atoms. The van der Waals surface area contributed by atoms with E-state index in [2.05, 4.69) is 4.90 Å². The Balaban J connectivity index is 1.72. The fourth-order valence-corrected chi connectivity index (χ4v) is 2.73. The Kier molecular flexibility index (Phi) is 4.42. The second-order valence-corrected chi connectivity index (χ2v) is 4.97. The lowest BCUT2D eigenvalue weighted by molar-refractivity contribution is 0.0521. The summed E-state index contributed by atoms with van der Waals surface area (Å²) in [6.45, 7) is 5.45. The van der Waals surface area contributed by atoms with Crippen LogP contribution in [-0.2, 0) is 4.74 Å². The van der Waals surface area contributed by atoms with Crippen molar-refractivity contribution >= 4 is 0 Å². The van der Waals surface area contributed by atoms with E-state index in [0.29, 0.717) is 12.0 Å². The van der Waals surface area contributed by atoms with Crippen LogP contribution in [-0.4, -0.2) is 43.8 Å². The molecule has 0 aromatic rings. The molecule has 2 aliphatic rings. The molecule has 1 atom stereocenters. The maximum atomic E-state index is 6.28. The van der Waals surface area contributed by atoms with Gasteiger partial charge in [0.15, 0.2) is 0 Å². The molecule has 0 aliphatic carbocycles. The lowest BCUT2D eigenvalue weighted by Gasteiger charge is -2.33. The maximum Gasteiger partial charge on any atom is 0.0469 e. The molecule has 3 heteroatoms. The molecule has 2 fully saturated rings. The molecule has 1 unspecified atom stereocenters. The fraction of sp³-hybridized carbons (Fsp3) is 1.00. The van der Waals surface area contributed by atoms with Crippen molar-refractivity contribution in [1.29, 1.82) is 0 Å². The summed E-state index contributed by atoms with van der Waals surface area (Å²) in [5, 5.41) is 0. The van der Waals surface area contributed by atoms with Gasteiger partial charge < -0.3 is 15.4 Å². The molecule has 0 amide bonds. The monoisotopic (exact) mass is 212 g/mol. The van der Waals surface area contributed by atoms with Crippen LogP contribution in [0.3, 0.4) is 0 Å². The highest BCUT2D eigenvalue weighted by Gasteiger charge is 2.23. The van der Waals surface area contributed by atoms with Crippen molar-refractivity contribution < 1.29 is 4.74 Å². The summed E-state index contributed by atoms with van der Waals surface area (Å²) in [6.07, 6.45) is 6.45. The highest BCUT2D eigenvalue weighted by molar-refractivity contribution is 4.79. The van der Waals surface area contributed by atoms with Crippen LogP contribution >= 0.6 is 0 Å². The molecule has 0 aromatic heterocycles. The predicted molar refractivity (Wildman–Crippen MR) is 61.8 cm³/mol. The van der Waals surface area contributed by atoms with Crippen LogP contribution < -0.4 is 5.73 Å². The van der Waals surface area contributed by atoms with Crippen LogP contribution in [0.5, 0.6) is 0 Å². The molecular weight excluding hydrogens is 188 g/mol. The Bertz CT molecular complexity index is 174. The third-order valence-corrected chi connectivity index (χ3v) is 3.79. The molecular formula is C12H24N2O. The van der Waals surface area contributed by atoms with Crippen LogP contribution in [0.25, 0.3) is 0 Å². The summed E-state index contributed by atoms with van der Waals surface area (Å²) in [4.78, 5) is 2.55. The molecule has 2 N–H and O–H groups in total. The van der Waals surface area contributed by atoms with E-state index in [0.717, 1.165) is 32.6 Å². The average molecular weight is 212 g/mol. The van der Waals surface area contributed by atoms with Crippen LogP contribution in [0, 0.1) is 5.92 Å². The minimum Gasteiger partial charge on any atom is -0.381 e. The van der Waals surface area contributed by atoms with E-state index in [4.69, 9.17) is 10.5 Å². The number of rotatable bonds is 3. The van der Waals surface area contributed by atoms with Gasteiger partial charge >= 0.3 is 0 Å². The Hall–Kier alpha value is -0.120. The SMILES string of the molecule is NC(CN1CCCCC1)C1CCOCC1. The molecule has 0 saturated carbocycles. The average Bonchev–Trinajstić information content (AvgIpc) is 2.31. The minimum absolute atomic E-state index is 0.368. The molecule has 88 valence electrons. The van der Waals surface area contributed by atoms with Crippen LogP contribution in [0.1, 0.15) is 32.1 Å². The van der Waals surface area contributed by atoms with Crippen molar-refractivity contribution in [2.24, 2.45) is 11.7 Å². The number of nitrogens with two attached hydrogens (primary N) is 1. The first-order chi connectivity index (χ1) is 7.36. The van der Waals surface area contributed by atoms with E-state index in [1.54, 1.807) is 0 Å². The number of hydrogen-bond donors (Lipinski definition) is 1. The molecule has 2 heterocycles. The number of ether oxygens (including phenoxy) is 1. The summed E-state index contributed by atoms with van der Waals surface area (Å²) in [7, 11) is 0. The van der Waals surface area contributed by atoms with Gasteiger partial charge in [0, 0.05) is 25.8 Å². The number of piperidine rings is 1. The lowest BCUT2D eigenvalue weighted by atomic mass is 9.91. The Labute approximate surface area is 93.0 Å². The van der Waals surface area contributed by atoms with Crippen molar-refractivity contribution in [2.75, 3.05) is 32.8 Å². The van der Waals surface area contributed by atoms with Gasteiger partial charge in [-0.15, -0.1) is 0 Å². The normalized spacial score (nSPS) is 27.8. The van der Waals surface area contributed by atoms with Gasteiger partial charge in [-0.2, -0.15) is 0 Å². The van der Waals surface area contributed by atoms with Crippen molar-refractivity contribution in [3.8, 4) is 0 Å². The van der Waals surface area contributed by atoms with Crippen molar-refractivity contribution in [3.63, 3.8) is 0 Å². The first-order valence-electron chi connectivity index (χ1n) is 6.42. The van der Waals surface area contributed by atoms with Crippen molar-refractivity contribution in [2.45, 2.75) is 38.1 Å². The van der Waals surface area contributed by atoms with Gasteiger partial charge in [0.2, 0.25) is 0 Å². The number of nitrogens with zero attached hydrogens (tertiary/aromatic N) is 1. The van der Waals surface area contributed by atoms with Gasteiger partial charge in [-0.05, 0) is 44.7 Å². The van der Waals surface area contributed by atoms with E-state index in [1.165, 1.54) is 32.4 Å². The second-order valence-electron chi connectivity index (χ2n) is 4.97. The largest absolute Gasteiger partial charge is 0.381 e. The lowest BCUT2D eigenvalue weighted by Crippen LogP contribution is -2.45. The first kappa shape index (κ1) is 11.4. The minimum atomic E-state index is 0.368. The Morgan fingerprint density at radius 2 is 1.80 bits per heavy atom. The third-order valence-electron chi connectivity index (χ3n) is 3.79. The molecule has 0 bridgehead atoms. The van der Waals surface area contributed by atoms with Crippen LogP contribution in [0.15, 0.2) is 0 Å². The third kappa shape index (κ3) is 3.44. The molecule has 0 radical (unpaired) electrons. The molecule has 15 heavy (non-hydrogen) atoms. The van der Waals surface area contributed by atoms with E-state index in [1.807, 2.05) is 0 Å². The summed E-state index contributed by atoms with van der Waals surface area (Å²) in [5.74, 6) is 0.695. The molecule has 3 nitrogen and oxygen atoms in total. The second kappa shape index (κ2) is 5.83. The predicted octanol–water partition coefficient (Wildman–Crippen LogP) is 1.23. The van der Waals surface area contributed by atoms with Crippen LogP contribution in [0.4, 0.5) is 0 Å². The molecule has 0 aromatic carbocycles. The van der Waals surface area contributed by atoms with E-state index < -0.39 is 0 Å². The zero-order chi connectivity index (χ0) is 10.5. The summed E-state index contributed by atoms with van der Waals surface area (Å²) in [6, 6.07) is 0.368. The van der Waals surface area contributed by atoms with Crippen LogP contribution in [0.2, 0.25) is 0 Å². The zero-order valence-electron chi connectivity index (χ0n) is 9.66. The summed E-state index contributed by atoms with van der Waals surface area (Å²) >= 11 is 0. The maximum absolute atomic E-state index is 6.28. The Morgan fingerprint density at radius 1 is 1.13 bits per heavy atom. The quantitative estimate of drug-likeness (QED) is 0.764. The van der Waals surface area contributed by atoms with Gasteiger partial charge in [0.05, 0.1) is 0 Å². The van der Waals surface area contributed by atoms with Gasteiger partial charge in [-0.25, -0.2) is 0 Å². The highest BCUT2D eigenvalue weighted by atomic mass is 16.5. The van der Waals surface area contributed by atoms with Crippen molar-refractivity contribution in [3.05, 3.63) is 0 Å². The topological polar surface area (TPSA) is 38.5 Å². The molecule has 2 rings (SSSR count). The van der Waals surface area contributed by atoms with E-state index in [9.17, 15) is 0 Å². The fourth-order valence-electron chi connectivity index (χ4n) is 2.73. The molecule has 2 saturated heterocycles. The van der Waals surface area contributed by atoms with Gasteiger partial charge in [0.25, 0.3) is 0 Å².